The number of rotatable bonds is 34. The van der Waals surface area contributed by atoms with Crippen LogP contribution in [-0.4, -0.2) is 99.0 Å². The third-order valence-corrected chi connectivity index (χ3v) is 16.1. The summed E-state index contributed by atoms with van der Waals surface area (Å²) in [7, 11) is 1.04. The number of hydrogen-bond acceptors (Lipinski definition) is 11. The fourth-order valence-corrected chi connectivity index (χ4v) is 11.4. The Labute approximate surface area is 462 Å². The number of nitrogens with one attached hydrogen (secondary N) is 2. The molecule has 6 bridgehead atoms. The molecule has 14 nitrogen and oxygen atoms in total. The molecule has 77 heavy (non-hydrogen) atoms. The molecule has 1 aliphatic heterocycles. The molecule has 2 unspecified atom stereocenters. The summed E-state index contributed by atoms with van der Waals surface area (Å²) in [6.45, 7) is 15.5. The van der Waals surface area contributed by atoms with Gasteiger partial charge in [0.05, 0.1) is 57.6 Å². The molecule has 2 aromatic heterocycles. The van der Waals surface area contributed by atoms with Gasteiger partial charge in [0.2, 0.25) is 0 Å². The number of benzene rings is 1. The van der Waals surface area contributed by atoms with Crippen LogP contribution in [0.15, 0.2) is 50.5 Å². The van der Waals surface area contributed by atoms with E-state index in [0.717, 1.165) is 75.6 Å². The summed E-state index contributed by atoms with van der Waals surface area (Å²) in [6.07, 6.45) is 26.0. The second-order valence-corrected chi connectivity index (χ2v) is 23.6. The Morgan fingerprint density at radius 2 is 1.26 bits per heavy atom. The van der Waals surface area contributed by atoms with Crippen molar-refractivity contribution in [3.8, 4) is 5.75 Å². The van der Waals surface area contributed by atoms with E-state index in [-0.39, 0.29) is 26.1 Å². The number of likely N-dealkylation sites (N-methyl/N-ethyl adjacent to an activating group) is 1. The van der Waals surface area contributed by atoms with Crippen LogP contribution in [0.1, 0.15) is 209 Å². The van der Waals surface area contributed by atoms with Crippen LogP contribution < -0.4 is 9.63 Å². The van der Waals surface area contributed by atoms with Crippen molar-refractivity contribution in [3.05, 3.63) is 85.5 Å². The van der Waals surface area contributed by atoms with Crippen molar-refractivity contribution in [2.24, 2.45) is 9.98 Å². The quantitative estimate of drug-likeness (QED) is 0.0255. The molecule has 0 spiro atoms. The summed E-state index contributed by atoms with van der Waals surface area (Å²) in [5.74, 6) is -0.362. The Balaban J connectivity index is 1.17. The largest absolute Gasteiger partial charge is 0.756 e. The Morgan fingerprint density at radius 1 is 0.662 bits per heavy atom. The molecule has 428 valence electrons. The van der Waals surface area contributed by atoms with Gasteiger partial charge in [0.15, 0.2) is 6.10 Å². The van der Waals surface area contributed by atoms with Crippen molar-refractivity contribution < 1.29 is 46.8 Å². The monoisotopic (exact) mass is 1090 g/mol. The summed E-state index contributed by atoms with van der Waals surface area (Å²) in [6, 6.07) is 5.75. The number of allylic oxidation sites excluding steroid dienone is 4. The third kappa shape index (κ3) is 20.9. The van der Waals surface area contributed by atoms with E-state index < -0.39 is 32.5 Å². The molecule has 1 aliphatic carbocycles. The molecular formula is C62H96N5O9P. The van der Waals surface area contributed by atoms with Crippen molar-refractivity contribution in [2.75, 3.05) is 54.1 Å². The molecule has 2 N–H and O–H groups in total. The standard InChI is InChI=1S/C62H96N5O9P/c1-11-16-17-18-19-20-21-22-23-24-25-26-27-30-61(68)73-43-50(44-75-77(70,71)74-36-34-67(8,9)10)76-62(69)31-28-29-35-72-49-32-33-55-59(39-49)63-41-48-37-47(51(12-2)45(48)6)38-56-53(14-4)54(15-5)58(65-56)40-57-52(13-3)46(7)60(66-57)42-64-55/h32-33,39,41-42,50,65H,11-31,34-38,40,43-44H2,1-10H3,(H-,64,66,70,71). The smallest absolute Gasteiger partial charge is 0.306 e. The van der Waals surface area contributed by atoms with E-state index in [9.17, 15) is 19.0 Å². The number of quaternary nitrogens is 1. The number of ether oxygens (including phenoxy) is 3. The summed E-state index contributed by atoms with van der Waals surface area (Å²) in [5, 5.41) is 0. The van der Waals surface area contributed by atoms with Gasteiger partial charge < -0.3 is 42.6 Å². The first-order chi connectivity index (χ1) is 37.0. The molecule has 2 atom stereocenters. The molecule has 3 heterocycles. The van der Waals surface area contributed by atoms with Gasteiger partial charge in [-0.15, -0.1) is 0 Å². The van der Waals surface area contributed by atoms with Gasteiger partial charge in [0, 0.05) is 55.0 Å². The minimum Gasteiger partial charge on any atom is -0.756 e. The molecule has 0 radical (unpaired) electrons. The molecule has 2 aliphatic rings. The number of esters is 2. The predicted octanol–water partition coefficient (Wildman–Crippen LogP) is 14.1. The van der Waals surface area contributed by atoms with E-state index in [1.807, 2.05) is 51.8 Å². The topological polar surface area (TPSA) is 177 Å². The van der Waals surface area contributed by atoms with Crippen molar-refractivity contribution in [3.63, 3.8) is 0 Å². The minimum absolute atomic E-state index is 0.0410. The van der Waals surface area contributed by atoms with Crippen LogP contribution in [0.5, 0.6) is 5.75 Å². The molecule has 0 fully saturated rings. The number of nitrogens with zero attached hydrogens (tertiary/aromatic N) is 3. The number of unbranched alkanes of at least 4 members (excludes halogenated alkanes) is 13. The van der Waals surface area contributed by atoms with Gasteiger partial charge in [-0.2, -0.15) is 0 Å². The van der Waals surface area contributed by atoms with Crippen LogP contribution in [0.25, 0.3) is 0 Å². The normalized spacial score (nSPS) is 14.9. The molecular weight excluding hydrogens is 990 g/mol. The van der Waals surface area contributed by atoms with Gasteiger partial charge >= 0.3 is 11.9 Å². The number of phosphoric ester groups is 1. The van der Waals surface area contributed by atoms with Crippen LogP contribution in [-0.2, 0) is 64.8 Å². The number of aromatic amines is 2. The number of fused-ring (bicyclic) bond motifs is 7. The first-order valence-electron chi connectivity index (χ1n) is 29.4. The van der Waals surface area contributed by atoms with Crippen molar-refractivity contribution >= 4 is 43.6 Å². The lowest BCUT2D eigenvalue weighted by molar-refractivity contribution is -0.870. The number of aliphatic imine (C=N–C) groups is 2. The molecule has 3 aromatic rings. The van der Waals surface area contributed by atoms with Crippen LogP contribution in [0.3, 0.4) is 0 Å². The van der Waals surface area contributed by atoms with Crippen LogP contribution in [0.2, 0.25) is 0 Å². The lowest BCUT2D eigenvalue weighted by Crippen LogP contribution is -2.37. The van der Waals surface area contributed by atoms with Gasteiger partial charge in [0.1, 0.15) is 25.5 Å². The molecule has 1 aromatic carbocycles. The van der Waals surface area contributed by atoms with Crippen LogP contribution in [0.4, 0.5) is 11.4 Å². The molecule has 5 rings (SSSR count). The van der Waals surface area contributed by atoms with Gasteiger partial charge in [0.25, 0.3) is 7.82 Å². The highest BCUT2D eigenvalue weighted by Crippen LogP contribution is 2.40. The molecule has 15 heteroatoms. The number of aromatic nitrogens is 2. The van der Waals surface area contributed by atoms with E-state index in [4.69, 9.17) is 33.2 Å². The number of hydrogen-bond donors (Lipinski definition) is 2. The maximum absolute atomic E-state index is 13.2. The highest BCUT2D eigenvalue weighted by molar-refractivity contribution is 7.45. The maximum Gasteiger partial charge on any atom is 0.306 e. The Bertz CT molecular complexity index is 2530. The highest BCUT2D eigenvalue weighted by Gasteiger charge is 2.25. The summed E-state index contributed by atoms with van der Waals surface area (Å²) in [4.78, 5) is 56.4. The first kappa shape index (κ1) is 63.2. The summed E-state index contributed by atoms with van der Waals surface area (Å²) < 4.78 is 40.7. The zero-order valence-corrected chi connectivity index (χ0v) is 49.8. The number of carbonyl (C=O) groups is 2. The summed E-state index contributed by atoms with van der Waals surface area (Å²) in [5.41, 5.74) is 17.0. The van der Waals surface area contributed by atoms with Gasteiger partial charge in [-0.3, -0.25) is 24.1 Å². The predicted molar refractivity (Wildman–Crippen MR) is 310 cm³/mol. The van der Waals surface area contributed by atoms with E-state index >= 15 is 0 Å². The second-order valence-electron chi connectivity index (χ2n) is 22.2. The lowest BCUT2D eigenvalue weighted by Gasteiger charge is -2.28. The third-order valence-electron chi connectivity index (χ3n) is 15.1. The van der Waals surface area contributed by atoms with E-state index in [2.05, 4.69) is 58.4 Å². The zero-order chi connectivity index (χ0) is 55.8. The van der Waals surface area contributed by atoms with E-state index in [0.29, 0.717) is 48.3 Å². The van der Waals surface area contributed by atoms with Gasteiger partial charge in [-0.1, -0.05) is 117 Å². The lowest BCUT2D eigenvalue weighted by atomic mass is 9.96. The van der Waals surface area contributed by atoms with Gasteiger partial charge in [-0.25, -0.2) is 0 Å². The van der Waals surface area contributed by atoms with Crippen LogP contribution >= 0.6 is 7.82 Å². The maximum atomic E-state index is 13.2. The number of carbonyl (C=O) groups excluding carboxylic acids is 2. The fourth-order valence-electron chi connectivity index (χ4n) is 10.7. The summed E-state index contributed by atoms with van der Waals surface area (Å²) >= 11 is 0. The Kier molecular flexibility index (Phi) is 26.7. The molecule has 0 saturated carbocycles. The SMILES string of the molecule is CCCCCCCCCCCCCCCC(=O)OCC(COP(=O)([O-])OCC[N+](C)(C)C)OC(=O)CCCCOc1ccc2c(c1)N=CC1=C(C)C(CC)=C(C1)Cc1[nH]c(c(CC)c1CC)Cc1[nH]c(c(C)c1CC)C=N2. The van der Waals surface area contributed by atoms with Crippen molar-refractivity contribution in [2.45, 2.75) is 209 Å². The number of phosphoric acid groups is 1. The zero-order valence-electron chi connectivity index (χ0n) is 48.9. The van der Waals surface area contributed by atoms with Gasteiger partial charge in [-0.05, 0) is 116 Å². The molecule has 0 saturated heterocycles. The second kappa shape index (κ2) is 32.5. The minimum atomic E-state index is -4.72. The van der Waals surface area contributed by atoms with Crippen LogP contribution in [0, 0.1) is 6.92 Å². The number of H-pyrrole nitrogens is 2. The first-order valence-corrected chi connectivity index (χ1v) is 30.9. The van der Waals surface area contributed by atoms with Crippen molar-refractivity contribution in [1.82, 2.24) is 9.97 Å². The average molecular weight is 1090 g/mol. The fraction of sp³-hybridized carbons (Fsp3) is 0.645. The molecule has 0 amide bonds. The highest BCUT2D eigenvalue weighted by atomic mass is 31.2. The van der Waals surface area contributed by atoms with Crippen molar-refractivity contribution in [1.29, 1.82) is 0 Å². The van der Waals surface area contributed by atoms with E-state index in [1.165, 1.54) is 119 Å². The average Bonchev–Trinajstić information content (AvgIpc) is 4.02. The van der Waals surface area contributed by atoms with E-state index in [1.54, 1.807) is 0 Å². The Morgan fingerprint density at radius 3 is 1.90 bits per heavy atom. The Hall–Kier alpha value is -4.59.